The van der Waals surface area contributed by atoms with Gasteiger partial charge in [0.1, 0.15) is 17.6 Å². The van der Waals surface area contributed by atoms with E-state index < -0.39 is 22.2 Å². The Balaban J connectivity index is 1.40. The van der Waals surface area contributed by atoms with E-state index in [1.54, 1.807) is 42.2 Å². The van der Waals surface area contributed by atoms with Crippen molar-refractivity contribution >= 4 is 38.4 Å². The van der Waals surface area contributed by atoms with E-state index >= 15 is 0 Å². The summed E-state index contributed by atoms with van der Waals surface area (Å²) in [5.41, 5.74) is 2.54. The number of carbonyl (C=O) groups is 2. The van der Waals surface area contributed by atoms with Crippen molar-refractivity contribution in [2.75, 3.05) is 39.2 Å². The van der Waals surface area contributed by atoms with Crippen molar-refractivity contribution in [3.05, 3.63) is 84.1 Å². The van der Waals surface area contributed by atoms with Crippen LogP contribution in [-0.2, 0) is 28.3 Å². The van der Waals surface area contributed by atoms with Gasteiger partial charge in [0, 0.05) is 49.3 Å². The number of methoxy groups -OCH3 is 1. The van der Waals surface area contributed by atoms with Crippen LogP contribution in [0.4, 0.5) is 5.69 Å². The number of nitrogens with one attached hydrogen (secondary N) is 1. The molecule has 0 unspecified atom stereocenters. The van der Waals surface area contributed by atoms with Gasteiger partial charge in [-0.3, -0.25) is 9.59 Å². The molecule has 3 aromatic carbocycles. The first-order chi connectivity index (χ1) is 21.9. The van der Waals surface area contributed by atoms with Crippen molar-refractivity contribution in [2.24, 2.45) is 13.0 Å². The molecular weight excluding hydrogens is 608 g/mol. The number of hydrogen-bond donors (Lipinski definition) is 2. The standard InChI is InChI=1S/C34H40N4O7S/c1-22-18-38(23(2)21-39)34(41)29-17-25(35-33(40)16-24-19-36(3)30-9-7-6-8-28(24)30)10-15-31(29)45-32(22)20-37(4)46(42,43)27-13-11-26(44-5)12-14-27/h6-15,17,19,22-23,32,39H,16,18,20-21H2,1-5H3,(H,35,40)/t22-,23-,32-/m0/s1. The molecule has 2 amide bonds. The van der Waals surface area contributed by atoms with Gasteiger partial charge in [-0.25, -0.2) is 8.42 Å². The minimum Gasteiger partial charge on any atom is -0.497 e. The summed E-state index contributed by atoms with van der Waals surface area (Å²) in [6, 6.07) is 18.4. The van der Waals surface area contributed by atoms with E-state index in [-0.39, 0.29) is 60.1 Å². The number of aromatic nitrogens is 1. The molecule has 244 valence electrons. The average molecular weight is 649 g/mol. The van der Waals surface area contributed by atoms with E-state index in [1.807, 2.05) is 49.0 Å². The Labute approximate surface area is 269 Å². The number of likely N-dealkylation sites (N-methyl/N-ethyl adjacent to an activating group) is 1. The number of amides is 2. The molecule has 3 atom stereocenters. The lowest BCUT2D eigenvalue weighted by molar-refractivity contribution is -0.115. The highest BCUT2D eigenvalue weighted by molar-refractivity contribution is 7.89. The highest BCUT2D eigenvalue weighted by Crippen LogP contribution is 2.32. The Morgan fingerprint density at radius 1 is 1.15 bits per heavy atom. The quantitative estimate of drug-likeness (QED) is 0.267. The number of fused-ring (bicyclic) bond motifs is 2. The Morgan fingerprint density at radius 2 is 1.87 bits per heavy atom. The predicted octanol–water partition coefficient (Wildman–Crippen LogP) is 3.91. The van der Waals surface area contributed by atoms with Crippen LogP contribution in [0.1, 0.15) is 29.8 Å². The molecule has 2 heterocycles. The van der Waals surface area contributed by atoms with Crippen LogP contribution in [0.5, 0.6) is 11.5 Å². The minimum atomic E-state index is -3.86. The van der Waals surface area contributed by atoms with Crippen LogP contribution < -0.4 is 14.8 Å². The number of carbonyl (C=O) groups excluding carboxylic acids is 2. The maximum atomic E-state index is 13.8. The lowest BCUT2D eigenvalue weighted by Gasteiger charge is -2.38. The van der Waals surface area contributed by atoms with Crippen molar-refractivity contribution in [3.63, 3.8) is 0 Å². The van der Waals surface area contributed by atoms with Gasteiger partial charge in [-0.1, -0.05) is 25.1 Å². The molecule has 0 aliphatic carbocycles. The lowest BCUT2D eigenvalue weighted by Crippen LogP contribution is -2.50. The molecular formula is C34H40N4O7S. The average Bonchev–Trinajstić information content (AvgIpc) is 3.36. The zero-order valence-electron chi connectivity index (χ0n) is 26.6. The molecule has 12 heteroatoms. The maximum absolute atomic E-state index is 13.8. The second-order valence-corrected chi connectivity index (χ2v) is 13.8. The number of anilines is 1. The number of aryl methyl sites for hydroxylation is 1. The number of hydrogen-bond acceptors (Lipinski definition) is 7. The van der Waals surface area contributed by atoms with Gasteiger partial charge in [0.25, 0.3) is 5.91 Å². The Morgan fingerprint density at radius 3 is 2.57 bits per heavy atom. The van der Waals surface area contributed by atoms with Crippen LogP contribution in [0.3, 0.4) is 0 Å². The monoisotopic (exact) mass is 648 g/mol. The third-order valence-corrected chi connectivity index (χ3v) is 10.3. The molecule has 2 N–H and O–H groups in total. The van der Waals surface area contributed by atoms with Gasteiger partial charge in [0.15, 0.2) is 0 Å². The van der Waals surface area contributed by atoms with Crippen molar-refractivity contribution in [1.82, 2.24) is 13.8 Å². The van der Waals surface area contributed by atoms with E-state index in [9.17, 15) is 23.1 Å². The molecule has 1 aliphatic rings. The summed E-state index contributed by atoms with van der Waals surface area (Å²) in [4.78, 5) is 28.7. The number of benzene rings is 3. The topological polar surface area (TPSA) is 130 Å². The molecule has 0 fully saturated rings. The summed E-state index contributed by atoms with van der Waals surface area (Å²) < 4.78 is 41.6. The molecule has 0 bridgehead atoms. The molecule has 0 saturated heterocycles. The van der Waals surface area contributed by atoms with Crippen LogP contribution in [0.25, 0.3) is 10.9 Å². The van der Waals surface area contributed by atoms with Gasteiger partial charge in [0.05, 0.1) is 43.2 Å². The summed E-state index contributed by atoms with van der Waals surface area (Å²) >= 11 is 0. The van der Waals surface area contributed by atoms with Gasteiger partial charge < -0.3 is 29.4 Å². The fraction of sp³-hybridized carbons (Fsp3) is 0.353. The SMILES string of the molecule is COc1ccc(S(=O)(=O)N(C)C[C@@H]2Oc3ccc(NC(=O)Cc4cn(C)c5ccccc45)cc3C(=O)N([C@@H](C)CO)C[C@@H]2C)cc1. The van der Waals surface area contributed by atoms with Crippen LogP contribution in [-0.4, -0.2) is 85.1 Å². The summed E-state index contributed by atoms with van der Waals surface area (Å²) in [5.74, 6) is -0.0834. The van der Waals surface area contributed by atoms with E-state index in [4.69, 9.17) is 9.47 Å². The minimum absolute atomic E-state index is 0.00796. The zero-order valence-corrected chi connectivity index (χ0v) is 27.5. The first kappa shape index (κ1) is 33.0. The molecule has 0 radical (unpaired) electrons. The van der Waals surface area contributed by atoms with Crippen LogP contribution in [0.2, 0.25) is 0 Å². The normalized spacial score (nSPS) is 17.6. The van der Waals surface area contributed by atoms with Crippen molar-refractivity contribution in [3.8, 4) is 11.5 Å². The van der Waals surface area contributed by atoms with E-state index in [1.165, 1.54) is 30.6 Å². The first-order valence-electron chi connectivity index (χ1n) is 15.1. The van der Waals surface area contributed by atoms with Gasteiger partial charge in [0.2, 0.25) is 15.9 Å². The lowest BCUT2D eigenvalue weighted by atomic mass is 9.99. The number of sulfonamides is 1. The highest BCUT2D eigenvalue weighted by atomic mass is 32.2. The fourth-order valence-electron chi connectivity index (χ4n) is 5.74. The third-order valence-electron chi connectivity index (χ3n) is 8.48. The largest absolute Gasteiger partial charge is 0.497 e. The van der Waals surface area contributed by atoms with E-state index in [0.29, 0.717) is 11.4 Å². The summed E-state index contributed by atoms with van der Waals surface area (Å²) in [5, 5.41) is 13.9. The molecule has 0 saturated carbocycles. The number of aliphatic hydroxyl groups excluding tert-OH is 1. The van der Waals surface area contributed by atoms with Crippen LogP contribution >= 0.6 is 0 Å². The van der Waals surface area contributed by atoms with Gasteiger partial charge in [-0.15, -0.1) is 0 Å². The number of aliphatic hydroxyl groups is 1. The van der Waals surface area contributed by atoms with Gasteiger partial charge >= 0.3 is 0 Å². The highest BCUT2D eigenvalue weighted by Gasteiger charge is 2.35. The fourth-order valence-corrected chi connectivity index (χ4v) is 6.93. The van der Waals surface area contributed by atoms with Crippen molar-refractivity contribution < 1.29 is 32.6 Å². The second-order valence-electron chi connectivity index (χ2n) is 11.8. The maximum Gasteiger partial charge on any atom is 0.258 e. The predicted molar refractivity (Wildman–Crippen MR) is 176 cm³/mol. The second kappa shape index (κ2) is 13.5. The van der Waals surface area contributed by atoms with Crippen molar-refractivity contribution in [2.45, 2.75) is 37.3 Å². The number of nitrogens with zero attached hydrogens (tertiary/aromatic N) is 3. The Bertz CT molecular complexity index is 1840. The molecule has 4 aromatic rings. The van der Waals surface area contributed by atoms with Crippen LogP contribution in [0, 0.1) is 5.92 Å². The number of ether oxygens (including phenoxy) is 2. The molecule has 11 nitrogen and oxygen atoms in total. The number of para-hydroxylation sites is 1. The molecule has 1 aromatic heterocycles. The van der Waals surface area contributed by atoms with Gasteiger partial charge in [-0.2, -0.15) is 4.31 Å². The molecule has 5 rings (SSSR count). The first-order valence-corrected chi connectivity index (χ1v) is 16.5. The van der Waals surface area contributed by atoms with Crippen LogP contribution in [0.15, 0.2) is 77.8 Å². The number of rotatable bonds is 10. The summed E-state index contributed by atoms with van der Waals surface area (Å²) in [7, 11) is 1.07. The third kappa shape index (κ3) is 6.74. The Kier molecular flexibility index (Phi) is 9.71. The van der Waals surface area contributed by atoms with Crippen molar-refractivity contribution in [1.29, 1.82) is 0 Å². The van der Waals surface area contributed by atoms with Gasteiger partial charge in [-0.05, 0) is 61.0 Å². The Hall–Kier alpha value is -4.39. The summed E-state index contributed by atoms with van der Waals surface area (Å²) in [6.07, 6.45) is 1.44. The van der Waals surface area contributed by atoms with E-state index in [2.05, 4.69) is 5.32 Å². The zero-order chi connectivity index (χ0) is 33.2. The molecule has 1 aliphatic heterocycles. The molecule has 46 heavy (non-hydrogen) atoms. The van der Waals surface area contributed by atoms with E-state index in [0.717, 1.165) is 16.5 Å². The smallest absolute Gasteiger partial charge is 0.258 e. The molecule has 0 spiro atoms. The summed E-state index contributed by atoms with van der Waals surface area (Å²) in [6.45, 7) is 3.60.